The molecule has 2 heteroatoms. The van der Waals surface area contributed by atoms with Crippen LogP contribution in [0.25, 0.3) is 5.70 Å². The van der Waals surface area contributed by atoms with E-state index >= 15 is 0 Å². The van der Waals surface area contributed by atoms with Crippen molar-refractivity contribution in [3.63, 3.8) is 0 Å². The van der Waals surface area contributed by atoms with Gasteiger partial charge in [-0.05, 0) is 54.4 Å². The summed E-state index contributed by atoms with van der Waals surface area (Å²) in [5.41, 5.74) is 7.80. The van der Waals surface area contributed by atoms with Crippen molar-refractivity contribution >= 4 is 5.70 Å². The van der Waals surface area contributed by atoms with Gasteiger partial charge in [-0.3, -0.25) is 0 Å². The number of fused-ring (bicyclic) bond motifs is 2. The Bertz CT molecular complexity index is 834. The molecule has 0 aromatic heterocycles. The van der Waals surface area contributed by atoms with Crippen molar-refractivity contribution in [3.8, 4) is 5.75 Å². The summed E-state index contributed by atoms with van der Waals surface area (Å²) in [5.74, 6) is 0.987. The van der Waals surface area contributed by atoms with Crippen LogP contribution in [0, 0.1) is 0 Å². The lowest BCUT2D eigenvalue weighted by molar-refractivity contribution is 0.303. The van der Waals surface area contributed by atoms with Crippen LogP contribution in [0.5, 0.6) is 5.75 Å². The third-order valence-corrected chi connectivity index (χ3v) is 6.28. The van der Waals surface area contributed by atoms with Gasteiger partial charge in [0.15, 0.2) is 0 Å². The monoisotopic (exact) mass is 317 g/mol. The highest BCUT2D eigenvalue weighted by molar-refractivity contribution is 5.75. The Labute approximate surface area is 143 Å². The highest BCUT2D eigenvalue weighted by atomic mass is 16.3. The van der Waals surface area contributed by atoms with Crippen molar-refractivity contribution in [1.82, 2.24) is 4.90 Å². The minimum atomic E-state index is 0.428. The van der Waals surface area contributed by atoms with Crippen molar-refractivity contribution < 1.29 is 5.11 Å². The predicted octanol–water partition coefficient (Wildman–Crippen LogP) is 5.13. The molecule has 2 aromatic rings. The van der Waals surface area contributed by atoms with Gasteiger partial charge >= 0.3 is 0 Å². The van der Waals surface area contributed by atoms with Crippen LogP contribution in [-0.4, -0.2) is 10.0 Å². The Kier molecular flexibility index (Phi) is 3.03. The molecule has 1 heterocycles. The molecule has 24 heavy (non-hydrogen) atoms. The summed E-state index contributed by atoms with van der Waals surface area (Å²) in [6, 6.07) is 13.2. The smallest absolute Gasteiger partial charge is 0.119 e. The molecule has 122 valence electrons. The number of benzene rings is 2. The van der Waals surface area contributed by atoms with Gasteiger partial charge in [0.25, 0.3) is 0 Å². The molecule has 0 bridgehead atoms. The number of phenolic OH excluding ortho intramolecular Hbond substituents is 1. The molecule has 0 radical (unpaired) electrons. The fraction of sp³-hybridized carbons (Fsp3) is 0.364. The van der Waals surface area contributed by atoms with Gasteiger partial charge < -0.3 is 10.0 Å². The van der Waals surface area contributed by atoms with Crippen molar-refractivity contribution in [2.45, 2.75) is 50.6 Å². The molecule has 1 saturated carbocycles. The predicted molar refractivity (Wildman–Crippen MR) is 96.8 cm³/mol. The normalized spacial score (nSPS) is 22.4. The van der Waals surface area contributed by atoms with Crippen LogP contribution in [0.2, 0.25) is 0 Å². The summed E-state index contributed by atoms with van der Waals surface area (Å²) in [6.07, 6.45) is 5.99. The summed E-state index contributed by atoms with van der Waals surface area (Å²) in [4.78, 5) is 2.47. The van der Waals surface area contributed by atoms with Crippen molar-refractivity contribution in [2.24, 2.45) is 0 Å². The van der Waals surface area contributed by atoms with E-state index in [0.717, 1.165) is 30.6 Å². The standard InChI is InChI=1S/C22H23NO/c1-14-21-17(10-12-20(24)22(21)16-6-4-7-16)13-23(14)19-11-9-15-5-2-3-8-18(15)19/h2-3,5,8,10,12,16,19,24H,1,4,6-7,9,11,13H2. The maximum Gasteiger partial charge on any atom is 0.119 e. The minimum absolute atomic E-state index is 0.428. The molecule has 2 aromatic carbocycles. The summed E-state index contributed by atoms with van der Waals surface area (Å²) in [5, 5.41) is 10.5. The first-order valence-corrected chi connectivity index (χ1v) is 9.12. The van der Waals surface area contributed by atoms with E-state index in [9.17, 15) is 5.11 Å². The number of aromatic hydroxyl groups is 1. The molecular formula is C22H23NO. The van der Waals surface area contributed by atoms with Crippen molar-refractivity contribution in [1.29, 1.82) is 0 Å². The van der Waals surface area contributed by atoms with E-state index in [2.05, 4.69) is 41.8 Å². The third-order valence-electron chi connectivity index (χ3n) is 6.28. The third kappa shape index (κ3) is 1.89. The summed E-state index contributed by atoms with van der Waals surface area (Å²) in [7, 11) is 0. The van der Waals surface area contributed by atoms with Crippen LogP contribution in [0.15, 0.2) is 43.0 Å². The molecule has 3 aliphatic rings. The van der Waals surface area contributed by atoms with Crippen LogP contribution in [0.4, 0.5) is 0 Å². The zero-order valence-corrected chi connectivity index (χ0v) is 14.0. The Morgan fingerprint density at radius 2 is 1.83 bits per heavy atom. The number of hydrogen-bond donors (Lipinski definition) is 1. The Hall–Kier alpha value is -2.22. The summed E-state index contributed by atoms with van der Waals surface area (Å²) < 4.78 is 0. The summed E-state index contributed by atoms with van der Waals surface area (Å²) >= 11 is 0. The fourth-order valence-corrected chi connectivity index (χ4v) is 4.82. The second-order valence-corrected chi connectivity index (χ2v) is 7.49. The van der Waals surface area contributed by atoms with E-state index < -0.39 is 0 Å². The van der Waals surface area contributed by atoms with Gasteiger partial charge in [0.2, 0.25) is 0 Å². The van der Waals surface area contributed by atoms with E-state index in [1.54, 1.807) is 0 Å². The molecular weight excluding hydrogens is 294 g/mol. The quantitative estimate of drug-likeness (QED) is 0.829. The van der Waals surface area contributed by atoms with Crippen LogP contribution in [-0.2, 0) is 13.0 Å². The molecule has 0 saturated heterocycles. The highest BCUT2D eigenvalue weighted by Gasteiger charge is 2.37. The number of rotatable bonds is 2. The van der Waals surface area contributed by atoms with Gasteiger partial charge in [-0.1, -0.05) is 43.3 Å². The molecule has 1 unspecified atom stereocenters. The lowest BCUT2D eigenvalue weighted by atomic mass is 9.77. The average Bonchev–Trinajstić information content (AvgIpc) is 3.10. The second-order valence-electron chi connectivity index (χ2n) is 7.49. The van der Waals surface area contributed by atoms with Crippen LogP contribution < -0.4 is 0 Å². The zero-order valence-electron chi connectivity index (χ0n) is 14.0. The highest BCUT2D eigenvalue weighted by Crippen LogP contribution is 2.50. The number of phenols is 1. The van der Waals surface area contributed by atoms with Gasteiger partial charge in [0, 0.05) is 23.4 Å². The van der Waals surface area contributed by atoms with Crippen LogP contribution in [0.3, 0.4) is 0 Å². The first kappa shape index (κ1) is 14.2. The first-order chi connectivity index (χ1) is 11.7. The number of hydrogen-bond acceptors (Lipinski definition) is 2. The lowest BCUT2D eigenvalue weighted by Crippen LogP contribution is -2.20. The molecule has 0 amide bonds. The molecule has 1 N–H and O–H groups in total. The van der Waals surface area contributed by atoms with Crippen molar-refractivity contribution in [2.75, 3.05) is 0 Å². The second kappa shape index (κ2) is 5.14. The van der Waals surface area contributed by atoms with E-state index in [0.29, 0.717) is 17.7 Å². The van der Waals surface area contributed by atoms with Gasteiger partial charge in [-0.15, -0.1) is 0 Å². The fourth-order valence-electron chi connectivity index (χ4n) is 4.82. The first-order valence-electron chi connectivity index (χ1n) is 9.12. The molecule has 1 aliphatic heterocycles. The van der Waals surface area contributed by atoms with E-state index in [4.69, 9.17) is 0 Å². The molecule has 0 spiro atoms. The maximum absolute atomic E-state index is 10.5. The SMILES string of the molecule is C=C1c2c(ccc(O)c2C2CCC2)CN1C1CCc2ccccc21. The topological polar surface area (TPSA) is 23.5 Å². The van der Waals surface area contributed by atoms with Crippen LogP contribution >= 0.6 is 0 Å². The van der Waals surface area contributed by atoms with Gasteiger partial charge in [0.05, 0.1) is 6.04 Å². The lowest BCUT2D eigenvalue weighted by Gasteiger charge is -2.31. The Balaban J connectivity index is 1.55. The van der Waals surface area contributed by atoms with Crippen molar-refractivity contribution in [3.05, 3.63) is 70.8 Å². The van der Waals surface area contributed by atoms with E-state index in [-0.39, 0.29) is 0 Å². The Morgan fingerprint density at radius 1 is 1.00 bits per heavy atom. The Morgan fingerprint density at radius 3 is 2.62 bits per heavy atom. The van der Waals surface area contributed by atoms with Gasteiger partial charge in [0.1, 0.15) is 5.75 Å². The van der Waals surface area contributed by atoms with Gasteiger partial charge in [-0.2, -0.15) is 0 Å². The molecule has 2 aliphatic carbocycles. The molecule has 1 fully saturated rings. The summed E-state index contributed by atoms with van der Waals surface area (Å²) in [6.45, 7) is 5.38. The number of nitrogens with zero attached hydrogens (tertiary/aromatic N) is 1. The minimum Gasteiger partial charge on any atom is -0.508 e. The molecule has 2 nitrogen and oxygen atoms in total. The van der Waals surface area contributed by atoms with E-state index in [1.807, 2.05) is 6.07 Å². The molecule has 5 rings (SSSR count). The van der Waals surface area contributed by atoms with E-state index in [1.165, 1.54) is 41.5 Å². The van der Waals surface area contributed by atoms with Crippen LogP contribution in [0.1, 0.15) is 65.5 Å². The molecule has 1 atom stereocenters. The average molecular weight is 317 g/mol. The zero-order chi connectivity index (χ0) is 16.3. The van der Waals surface area contributed by atoms with Gasteiger partial charge in [-0.25, -0.2) is 0 Å². The maximum atomic E-state index is 10.5. The number of aryl methyl sites for hydroxylation is 1. The largest absolute Gasteiger partial charge is 0.508 e.